The van der Waals surface area contributed by atoms with Crippen LogP contribution in [0.15, 0.2) is 70.7 Å². The highest BCUT2D eigenvalue weighted by Crippen LogP contribution is 2.36. The van der Waals surface area contributed by atoms with E-state index in [1.807, 2.05) is 27.7 Å². The Bertz CT molecular complexity index is 3120. The van der Waals surface area contributed by atoms with Gasteiger partial charge in [-0.3, -0.25) is 29.5 Å². The van der Waals surface area contributed by atoms with E-state index in [1.165, 1.54) is 23.1 Å². The topological polar surface area (TPSA) is 236 Å². The summed E-state index contributed by atoms with van der Waals surface area (Å²) in [5, 5.41) is 6.96. The second-order valence-corrected chi connectivity index (χ2v) is 20.6. The number of nitrogens with two attached hydrogens (primary N) is 1. The van der Waals surface area contributed by atoms with E-state index in [0.29, 0.717) is 86.3 Å². The Hall–Kier alpha value is -5.99. The van der Waals surface area contributed by atoms with E-state index < -0.39 is 19.7 Å². The number of nitrogens with one attached hydrogen (secondary N) is 2. The molecule has 2 aliphatic rings. The van der Waals surface area contributed by atoms with Crippen LogP contribution < -0.4 is 16.4 Å². The van der Waals surface area contributed by atoms with Crippen molar-refractivity contribution in [1.29, 1.82) is 0 Å². The molecule has 6 heterocycles. The first-order chi connectivity index (χ1) is 30.4. The number of nitrogens with zero attached hydrogens (tertiary/aromatic N) is 8. The lowest BCUT2D eigenvalue weighted by molar-refractivity contribution is 0.0809. The molecule has 65 heavy (non-hydrogen) atoms. The number of aryl methyl sites for hydroxylation is 4. The van der Waals surface area contributed by atoms with Crippen LogP contribution in [0.1, 0.15) is 66.3 Å². The number of carbonyl (C=O) groups excluding carboxylic acids is 2. The summed E-state index contributed by atoms with van der Waals surface area (Å²) in [5.74, 6) is 0.104. The molecule has 0 aliphatic carbocycles. The van der Waals surface area contributed by atoms with Crippen LogP contribution in [-0.4, -0.2) is 95.0 Å². The molecule has 340 valence electrons. The van der Waals surface area contributed by atoms with Gasteiger partial charge >= 0.3 is 0 Å². The van der Waals surface area contributed by atoms with Crippen molar-refractivity contribution in [3.63, 3.8) is 0 Å². The minimum Gasteiger partial charge on any atom is -0.382 e. The highest BCUT2D eigenvalue weighted by atomic mass is 35.5. The number of fused-ring (bicyclic) bond motifs is 2. The fraction of sp³-hybridized carbons (Fsp3) is 0.256. The lowest BCUT2D eigenvalue weighted by Gasteiger charge is -2.15. The van der Waals surface area contributed by atoms with Crippen molar-refractivity contribution in [2.45, 2.75) is 57.0 Å². The predicted molar refractivity (Wildman–Crippen MR) is 251 cm³/mol. The van der Waals surface area contributed by atoms with Gasteiger partial charge in [0.05, 0.1) is 103 Å². The summed E-state index contributed by atoms with van der Waals surface area (Å²) in [5.41, 5.74) is 13.9. The smallest absolute Gasteiger partial charge is 0.257 e. The Morgan fingerprint density at radius 3 is 1.52 bits per heavy atom. The van der Waals surface area contributed by atoms with E-state index in [1.54, 1.807) is 61.7 Å². The summed E-state index contributed by atoms with van der Waals surface area (Å²) in [7, 11) is -3.71. The first-order valence-electron chi connectivity index (χ1n) is 19.5. The molecule has 2 aliphatic heterocycles. The Morgan fingerprint density at radius 1 is 0.600 bits per heavy atom. The molecule has 2 amide bonds. The van der Waals surface area contributed by atoms with Gasteiger partial charge in [-0.1, -0.05) is 34.8 Å². The zero-order valence-electron chi connectivity index (χ0n) is 36.4. The van der Waals surface area contributed by atoms with E-state index in [9.17, 15) is 26.4 Å². The van der Waals surface area contributed by atoms with Crippen LogP contribution >= 0.6 is 34.8 Å². The third-order valence-electron chi connectivity index (χ3n) is 10.1. The Kier molecular flexibility index (Phi) is 14.3. The summed E-state index contributed by atoms with van der Waals surface area (Å²) in [6.07, 6.45) is 5.90. The lowest BCUT2D eigenvalue weighted by Crippen LogP contribution is -2.18. The molecule has 2 aromatic carbocycles. The van der Waals surface area contributed by atoms with Crippen LogP contribution in [0.4, 0.5) is 28.6 Å². The molecule has 0 saturated carbocycles. The number of pyridine rings is 2. The van der Waals surface area contributed by atoms with E-state index >= 15 is 0 Å². The third kappa shape index (κ3) is 11.5. The molecule has 17 nitrogen and oxygen atoms in total. The zero-order chi connectivity index (χ0) is 47.7. The maximum absolute atomic E-state index is 12.8. The lowest BCUT2D eigenvalue weighted by atomic mass is 10.1. The molecule has 0 spiro atoms. The zero-order valence-corrected chi connectivity index (χ0v) is 40.4. The number of hydrogen-bond donors (Lipinski definition) is 3. The van der Waals surface area contributed by atoms with Crippen LogP contribution in [-0.2, 0) is 39.2 Å². The molecule has 0 saturated heterocycles. The quantitative estimate of drug-likeness (QED) is 0.127. The number of nitrogen functional groups attached to an aromatic ring is 1. The molecular formula is C43H44Cl3N11O6S2. The highest BCUT2D eigenvalue weighted by molar-refractivity contribution is 7.91. The minimum absolute atomic E-state index is 0.0375. The molecular weight excluding hydrogens is 937 g/mol. The van der Waals surface area contributed by atoms with Crippen molar-refractivity contribution < 1.29 is 26.4 Å². The van der Waals surface area contributed by atoms with E-state index in [0.717, 1.165) is 41.0 Å². The van der Waals surface area contributed by atoms with Gasteiger partial charge in [0, 0.05) is 55.0 Å². The van der Waals surface area contributed by atoms with Gasteiger partial charge in [-0.15, -0.1) is 0 Å². The molecule has 0 radical (unpaired) electrons. The number of anilines is 5. The van der Waals surface area contributed by atoms with Crippen molar-refractivity contribution in [3.8, 4) is 0 Å². The summed E-state index contributed by atoms with van der Waals surface area (Å²) in [4.78, 5) is 54.0. The second-order valence-electron chi connectivity index (χ2n) is 15.4. The predicted octanol–water partition coefficient (Wildman–Crippen LogP) is 7.26. The number of sulfone groups is 2. The van der Waals surface area contributed by atoms with Gasteiger partial charge in [-0.05, 0) is 76.2 Å². The van der Waals surface area contributed by atoms with E-state index in [2.05, 4.69) is 40.5 Å². The summed E-state index contributed by atoms with van der Waals surface area (Å²) >= 11 is 18.0. The Labute approximate surface area is 391 Å². The molecule has 4 N–H and O–H groups in total. The summed E-state index contributed by atoms with van der Waals surface area (Å²) in [6.45, 7) is 8.31. The van der Waals surface area contributed by atoms with Crippen LogP contribution in [0.25, 0.3) is 0 Å². The fourth-order valence-electron chi connectivity index (χ4n) is 6.71. The average Bonchev–Trinajstić information content (AvgIpc) is 3.67. The first kappa shape index (κ1) is 48.5. The van der Waals surface area contributed by atoms with Crippen molar-refractivity contribution in [2.75, 3.05) is 43.0 Å². The average molecular weight is 981 g/mol. The number of hydrogen-bond acceptors (Lipinski definition) is 15. The molecule has 0 atom stereocenters. The SMILES string of the molecule is CN1Cc2nc(Cl)cc(Nc3ccc(Cl)cc3S(C)(=O)=O)c2C1=O.Cc1ncc(Cc2cc(Nc3ccc(Cl)cc3S(C)(=O)=O)c3c(n2)CN(C)C3=O)nc1C.Cc1ncc(N)nc1C. The van der Waals surface area contributed by atoms with Gasteiger partial charge in [-0.2, -0.15) is 0 Å². The van der Waals surface area contributed by atoms with Gasteiger partial charge in [0.15, 0.2) is 19.7 Å². The minimum atomic E-state index is -3.56. The van der Waals surface area contributed by atoms with Crippen LogP contribution in [0.5, 0.6) is 0 Å². The maximum atomic E-state index is 12.8. The number of amides is 2. The molecule has 8 rings (SSSR count). The fourth-order valence-corrected chi connectivity index (χ4v) is 9.12. The summed E-state index contributed by atoms with van der Waals surface area (Å²) in [6, 6.07) is 12.3. The molecule has 0 unspecified atom stereocenters. The number of carbonyl (C=O) groups is 2. The van der Waals surface area contributed by atoms with Crippen LogP contribution in [0, 0.1) is 27.7 Å². The highest BCUT2D eigenvalue weighted by Gasteiger charge is 2.32. The van der Waals surface area contributed by atoms with Gasteiger partial charge < -0.3 is 26.2 Å². The maximum Gasteiger partial charge on any atom is 0.257 e. The van der Waals surface area contributed by atoms with E-state index in [4.69, 9.17) is 40.5 Å². The Balaban J connectivity index is 0.000000186. The standard InChI is InChI=1S/C22H22ClN5O3S.C15H13Cl2N3O3S.C6H9N3/c1-12-13(2)25-16(10-24-12)8-15-9-18(21-19(26-15)11-28(3)22(21)29)27-17-6-5-14(23)7-20(17)32(4,30)31;1-20-7-11-14(15(20)21)10(6-13(17)19-11)18-9-4-3-8(16)5-12(9)24(2,22)23;1-4-5(2)9-6(7)3-8-4/h5-7,9-10H,8,11H2,1-4H3,(H,26,27);3-6H,7H2,1-2H3,(H,18,19);3H,1-2H3,(H2,7,9). The monoisotopic (exact) mass is 979 g/mol. The Morgan fingerprint density at radius 2 is 1.06 bits per heavy atom. The van der Waals surface area contributed by atoms with Crippen LogP contribution in [0.2, 0.25) is 15.2 Å². The van der Waals surface area contributed by atoms with Crippen LogP contribution in [0.3, 0.4) is 0 Å². The number of benzene rings is 2. The number of rotatable bonds is 8. The summed E-state index contributed by atoms with van der Waals surface area (Å²) < 4.78 is 48.6. The van der Waals surface area contributed by atoms with Gasteiger partial charge in [0.2, 0.25) is 0 Å². The molecule has 6 aromatic rings. The second kappa shape index (κ2) is 19.2. The van der Waals surface area contributed by atoms with Crippen molar-refractivity contribution in [1.82, 2.24) is 39.7 Å². The number of halogens is 3. The molecule has 22 heteroatoms. The van der Waals surface area contributed by atoms with E-state index in [-0.39, 0.29) is 26.8 Å². The third-order valence-corrected chi connectivity index (χ3v) is 13.1. The largest absolute Gasteiger partial charge is 0.382 e. The molecule has 0 fully saturated rings. The van der Waals surface area contributed by atoms with Crippen molar-refractivity contribution >= 4 is 94.9 Å². The van der Waals surface area contributed by atoms with Crippen molar-refractivity contribution in [3.05, 3.63) is 133 Å². The van der Waals surface area contributed by atoms with Gasteiger partial charge in [-0.25, -0.2) is 26.8 Å². The van der Waals surface area contributed by atoms with Gasteiger partial charge in [0.25, 0.3) is 11.8 Å². The van der Waals surface area contributed by atoms with Gasteiger partial charge in [0.1, 0.15) is 11.0 Å². The first-order valence-corrected chi connectivity index (χ1v) is 24.4. The van der Waals surface area contributed by atoms with Crippen molar-refractivity contribution in [2.24, 2.45) is 0 Å². The molecule has 0 bridgehead atoms. The molecule has 4 aromatic heterocycles. The number of aromatic nitrogens is 6. The normalized spacial score (nSPS) is 13.1.